The fourth-order valence-corrected chi connectivity index (χ4v) is 3.45. The fourth-order valence-electron chi connectivity index (χ4n) is 2.37. The smallest absolute Gasteiger partial charge is 0.234 e. The third kappa shape index (κ3) is 5.41. The number of anilines is 1. The number of benzene rings is 2. The van der Waals surface area contributed by atoms with Crippen LogP contribution < -0.4 is 10.1 Å². The highest BCUT2D eigenvalue weighted by Crippen LogP contribution is 2.24. The van der Waals surface area contributed by atoms with Crippen LogP contribution in [0.4, 0.5) is 10.1 Å². The molecule has 0 saturated heterocycles. The molecule has 29 heavy (non-hydrogen) atoms. The van der Waals surface area contributed by atoms with Crippen LogP contribution in [0.1, 0.15) is 11.4 Å². The SMILES string of the molecule is Cc1c(Cl)cccc1NC(=O)CSc1nnc(COc2ccc(F)c(Cl)c2)n1C. The van der Waals surface area contributed by atoms with E-state index in [1.807, 2.05) is 6.92 Å². The maximum absolute atomic E-state index is 13.2. The molecule has 2 aromatic carbocycles. The monoisotopic (exact) mass is 454 g/mol. The lowest BCUT2D eigenvalue weighted by molar-refractivity contribution is -0.113. The highest BCUT2D eigenvalue weighted by Gasteiger charge is 2.13. The van der Waals surface area contributed by atoms with Gasteiger partial charge in [0.1, 0.15) is 18.2 Å². The van der Waals surface area contributed by atoms with Gasteiger partial charge in [-0.2, -0.15) is 0 Å². The third-order valence-electron chi connectivity index (χ3n) is 4.06. The summed E-state index contributed by atoms with van der Waals surface area (Å²) in [7, 11) is 1.78. The number of rotatable bonds is 7. The van der Waals surface area contributed by atoms with Crippen LogP contribution in [-0.4, -0.2) is 26.4 Å². The van der Waals surface area contributed by atoms with Gasteiger partial charge in [0.05, 0.1) is 10.8 Å². The van der Waals surface area contributed by atoms with E-state index in [9.17, 15) is 9.18 Å². The molecular formula is C19H17Cl2FN4O2S. The number of amides is 1. The maximum Gasteiger partial charge on any atom is 0.234 e. The van der Waals surface area contributed by atoms with Gasteiger partial charge in [-0.1, -0.05) is 41.0 Å². The van der Waals surface area contributed by atoms with Crippen LogP contribution in [0.5, 0.6) is 5.75 Å². The number of halogens is 3. The molecule has 10 heteroatoms. The van der Waals surface area contributed by atoms with E-state index in [-0.39, 0.29) is 23.3 Å². The van der Waals surface area contributed by atoms with Crippen molar-refractivity contribution in [2.24, 2.45) is 7.05 Å². The molecule has 0 fully saturated rings. The molecule has 3 aromatic rings. The lowest BCUT2D eigenvalue weighted by atomic mass is 10.2. The summed E-state index contributed by atoms with van der Waals surface area (Å²) in [6, 6.07) is 9.45. The van der Waals surface area contributed by atoms with E-state index in [0.717, 1.165) is 5.56 Å². The van der Waals surface area contributed by atoms with Crippen molar-refractivity contribution in [3.63, 3.8) is 0 Å². The number of ether oxygens (including phenoxy) is 1. The second-order valence-corrected chi connectivity index (χ2v) is 7.83. The van der Waals surface area contributed by atoms with Crippen LogP contribution in [0.3, 0.4) is 0 Å². The standard InChI is InChI=1S/C19H17Cl2FN4O2S/c1-11-13(20)4-3-5-16(11)23-18(27)10-29-19-25-24-17(26(19)2)9-28-12-6-7-15(22)14(21)8-12/h3-8H,9-10H2,1-2H3,(H,23,27). The van der Waals surface area contributed by atoms with E-state index < -0.39 is 5.82 Å². The molecule has 1 N–H and O–H groups in total. The lowest BCUT2D eigenvalue weighted by Crippen LogP contribution is -2.15. The summed E-state index contributed by atoms with van der Waals surface area (Å²) in [6.45, 7) is 1.97. The van der Waals surface area contributed by atoms with E-state index in [1.54, 1.807) is 29.8 Å². The van der Waals surface area contributed by atoms with Crippen molar-refractivity contribution in [2.45, 2.75) is 18.7 Å². The molecule has 0 spiro atoms. The first-order valence-electron chi connectivity index (χ1n) is 8.49. The van der Waals surface area contributed by atoms with Crippen LogP contribution >= 0.6 is 35.0 Å². The number of carbonyl (C=O) groups is 1. The molecule has 0 aliphatic heterocycles. The van der Waals surface area contributed by atoms with Gasteiger partial charge in [0.2, 0.25) is 5.91 Å². The third-order valence-corrected chi connectivity index (χ3v) is 5.78. The van der Waals surface area contributed by atoms with Gasteiger partial charge >= 0.3 is 0 Å². The van der Waals surface area contributed by atoms with Crippen LogP contribution in [0.2, 0.25) is 10.0 Å². The molecule has 0 bridgehead atoms. The molecule has 152 valence electrons. The molecule has 1 heterocycles. The Bertz CT molecular complexity index is 1050. The maximum atomic E-state index is 13.2. The van der Waals surface area contributed by atoms with Crippen molar-refractivity contribution in [1.29, 1.82) is 0 Å². The summed E-state index contributed by atoms with van der Waals surface area (Å²) in [6.07, 6.45) is 0. The molecule has 0 aliphatic carbocycles. The molecule has 0 atom stereocenters. The molecular weight excluding hydrogens is 438 g/mol. The second-order valence-electron chi connectivity index (χ2n) is 6.07. The fraction of sp³-hybridized carbons (Fsp3) is 0.211. The van der Waals surface area contributed by atoms with Crippen LogP contribution in [0.15, 0.2) is 41.6 Å². The van der Waals surface area contributed by atoms with Gasteiger partial charge in [-0.05, 0) is 36.8 Å². The first-order chi connectivity index (χ1) is 13.8. The largest absolute Gasteiger partial charge is 0.486 e. The van der Waals surface area contributed by atoms with Gasteiger partial charge in [-0.15, -0.1) is 10.2 Å². The average Bonchev–Trinajstić information content (AvgIpc) is 3.04. The highest BCUT2D eigenvalue weighted by atomic mass is 35.5. The first kappa shape index (κ1) is 21.4. The molecule has 1 amide bonds. The summed E-state index contributed by atoms with van der Waals surface area (Å²) in [5, 5.41) is 12.1. The van der Waals surface area contributed by atoms with Crippen LogP contribution in [0, 0.1) is 12.7 Å². The zero-order valence-electron chi connectivity index (χ0n) is 15.6. The van der Waals surface area contributed by atoms with Gasteiger partial charge in [0.25, 0.3) is 0 Å². The number of nitrogens with zero attached hydrogens (tertiary/aromatic N) is 3. The van der Waals surface area contributed by atoms with Gasteiger partial charge in [-0.3, -0.25) is 4.79 Å². The zero-order chi connectivity index (χ0) is 21.0. The number of thioether (sulfide) groups is 1. The molecule has 0 saturated carbocycles. The number of carbonyl (C=O) groups excluding carboxylic acids is 1. The van der Waals surface area contributed by atoms with Crippen molar-refractivity contribution in [2.75, 3.05) is 11.1 Å². The van der Waals surface area contributed by atoms with Gasteiger partial charge < -0.3 is 14.6 Å². The molecule has 0 aliphatic rings. The molecule has 0 radical (unpaired) electrons. The Balaban J connectivity index is 1.55. The van der Waals surface area contributed by atoms with Crippen molar-refractivity contribution in [1.82, 2.24) is 14.8 Å². The Morgan fingerprint density at radius 2 is 2.03 bits per heavy atom. The normalized spacial score (nSPS) is 10.8. The molecule has 6 nitrogen and oxygen atoms in total. The van der Waals surface area contributed by atoms with Crippen molar-refractivity contribution in [3.05, 3.63) is 63.6 Å². The van der Waals surface area contributed by atoms with E-state index in [0.29, 0.717) is 27.4 Å². The first-order valence-corrected chi connectivity index (χ1v) is 10.2. The summed E-state index contributed by atoms with van der Waals surface area (Å²) in [5.74, 6) is 0.445. The Morgan fingerprint density at radius 3 is 2.79 bits per heavy atom. The number of nitrogens with one attached hydrogen (secondary N) is 1. The van der Waals surface area contributed by atoms with Crippen LogP contribution in [-0.2, 0) is 18.4 Å². The van der Waals surface area contributed by atoms with Crippen molar-refractivity contribution >= 4 is 46.6 Å². The minimum Gasteiger partial charge on any atom is -0.486 e. The second kappa shape index (κ2) is 9.47. The Kier molecular flexibility index (Phi) is 7.00. The van der Waals surface area contributed by atoms with Crippen molar-refractivity contribution in [3.8, 4) is 5.75 Å². The Labute approximate surface area is 181 Å². The highest BCUT2D eigenvalue weighted by molar-refractivity contribution is 7.99. The Morgan fingerprint density at radius 1 is 1.24 bits per heavy atom. The predicted molar refractivity (Wildman–Crippen MR) is 112 cm³/mol. The van der Waals surface area contributed by atoms with E-state index in [2.05, 4.69) is 15.5 Å². The quantitative estimate of drug-likeness (QED) is 0.515. The molecule has 0 unspecified atom stereocenters. The summed E-state index contributed by atoms with van der Waals surface area (Å²) in [4.78, 5) is 12.2. The summed E-state index contributed by atoms with van der Waals surface area (Å²) in [5.41, 5.74) is 1.49. The van der Waals surface area contributed by atoms with Crippen LogP contribution in [0.25, 0.3) is 0 Å². The predicted octanol–water partition coefficient (Wildman–Crippen LogP) is 4.88. The number of aromatic nitrogens is 3. The number of hydrogen-bond acceptors (Lipinski definition) is 5. The summed E-state index contributed by atoms with van der Waals surface area (Å²) < 4.78 is 20.5. The zero-order valence-corrected chi connectivity index (χ0v) is 17.9. The minimum absolute atomic E-state index is 0.0161. The lowest BCUT2D eigenvalue weighted by Gasteiger charge is -2.09. The summed E-state index contributed by atoms with van der Waals surface area (Å²) >= 11 is 13.1. The molecule has 1 aromatic heterocycles. The minimum atomic E-state index is -0.511. The average molecular weight is 455 g/mol. The number of hydrogen-bond donors (Lipinski definition) is 1. The van der Waals surface area contributed by atoms with E-state index >= 15 is 0 Å². The molecule has 3 rings (SSSR count). The topological polar surface area (TPSA) is 69.0 Å². The Hall–Kier alpha value is -2.29. The van der Waals surface area contributed by atoms with E-state index in [4.69, 9.17) is 27.9 Å². The van der Waals surface area contributed by atoms with E-state index in [1.165, 1.54) is 30.0 Å². The van der Waals surface area contributed by atoms with Gasteiger partial charge in [-0.25, -0.2) is 4.39 Å². The van der Waals surface area contributed by atoms with Gasteiger partial charge in [0.15, 0.2) is 11.0 Å². The van der Waals surface area contributed by atoms with Crippen molar-refractivity contribution < 1.29 is 13.9 Å². The van der Waals surface area contributed by atoms with Gasteiger partial charge in [0, 0.05) is 23.8 Å².